The van der Waals surface area contributed by atoms with Gasteiger partial charge in [0.2, 0.25) is 0 Å². The van der Waals surface area contributed by atoms with E-state index >= 15 is 0 Å². The zero-order valence-corrected chi connectivity index (χ0v) is 12.5. The lowest BCUT2D eigenvalue weighted by molar-refractivity contribution is -0.151. The van der Waals surface area contributed by atoms with E-state index in [-0.39, 0.29) is 0 Å². The number of carbonyl (C=O) groups is 1. The first kappa shape index (κ1) is 14.8. The molecule has 2 atom stereocenters. The van der Waals surface area contributed by atoms with E-state index in [1.54, 1.807) is 0 Å². The first-order chi connectivity index (χ1) is 9.05. The van der Waals surface area contributed by atoms with Crippen LogP contribution in [0.5, 0.6) is 0 Å². The Bertz CT molecular complexity index is 308. The number of hydrogen-bond acceptors (Lipinski definition) is 2. The van der Waals surface area contributed by atoms with E-state index in [0.717, 1.165) is 37.9 Å². The van der Waals surface area contributed by atoms with Gasteiger partial charge in [-0.2, -0.15) is 0 Å². The number of aliphatic carboxylic acids is 1. The van der Waals surface area contributed by atoms with Gasteiger partial charge in [-0.05, 0) is 58.0 Å². The molecule has 3 heteroatoms. The number of carboxylic acids is 1. The highest BCUT2D eigenvalue weighted by atomic mass is 16.4. The summed E-state index contributed by atoms with van der Waals surface area (Å²) < 4.78 is 0. The van der Waals surface area contributed by atoms with Gasteiger partial charge < -0.3 is 10.0 Å². The third-order valence-electron chi connectivity index (χ3n) is 5.57. The molecule has 110 valence electrons. The summed E-state index contributed by atoms with van der Waals surface area (Å²) in [5.41, 5.74) is -0.479. The number of piperidine rings is 1. The lowest BCUT2D eigenvalue weighted by Crippen LogP contribution is -2.46. The van der Waals surface area contributed by atoms with Crippen LogP contribution in [0.2, 0.25) is 0 Å². The number of hydrogen-bond donors (Lipinski definition) is 1. The van der Waals surface area contributed by atoms with Crippen LogP contribution in [0, 0.1) is 11.3 Å². The summed E-state index contributed by atoms with van der Waals surface area (Å²) >= 11 is 0. The summed E-state index contributed by atoms with van der Waals surface area (Å²) in [5.74, 6) is 0.318. The molecule has 19 heavy (non-hydrogen) atoms. The van der Waals surface area contributed by atoms with Crippen molar-refractivity contribution >= 4 is 5.97 Å². The molecule has 1 aliphatic heterocycles. The number of likely N-dealkylation sites (tertiary alicyclic amines) is 1. The highest BCUT2D eigenvalue weighted by Gasteiger charge is 2.38. The summed E-state index contributed by atoms with van der Waals surface area (Å²) in [7, 11) is 0. The van der Waals surface area contributed by atoms with Crippen molar-refractivity contribution in [3.8, 4) is 0 Å². The molecule has 2 aliphatic rings. The maximum absolute atomic E-state index is 11.3. The number of rotatable bonds is 3. The van der Waals surface area contributed by atoms with Crippen molar-refractivity contribution in [3.63, 3.8) is 0 Å². The van der Waals surface area contributed by atoms with Gasteiger partial charge in [0.05, 0.1) is 5.41 Å². The predicted octanol–water partition coefficient (Wildman–Crippen LogP) is 3.53. The van der Waals surface area contributed by atoms with E-state index in [9.17, 15) is 9.90 Å². The smallest absolute Gasteiger partial charge is 0.309 e. The highest BCUT2D eigenvalue weighted by molar-refractivity contribution is 5.74. The van der Waals surface area contributed by atoms with Gasteiger partial charge in [-0.25, -0.2) is 0 Å². The van der Waals surface area contributed by atoms with E-state index in [2.05, 4.69) is 11.8 Å². The average molecular weight is 267 g/mol. The molecule has 0 bridgehead atoms. The molecule has 0 spiro atoms. The zero-order valence-electron chi connectivity index (χ0n) is 12.5. The molecule has 1 N–H and O–H groups in total. The third-order valence-corrected chi connectivity index (χ3v) is 5.57. The van der Waals surface area contributed by atoms with Crippen LogP contribution >= 0.6 is 0 Å². The minimum atomic E-state index is -0.612. The lowest BCUT2D eigenvalue weighted by Gasteiger charge is -2.40. The average Bonchev–Trinajstić information content (AvgIpc) is 2.65. The fourth-order valence-electron chi connectivity index (χ4n) is 3.73. The van der Waals surface area contributed by atoms with E-state index < -0.39 is 11.4 Å². The van der Waals surface area contributed by atoms with Gasteiger partial charge in [0.1, 0.15) is 0 Å². The van der Waals surface area contributed by atoms with Crippen molar-refractivity contribution in [1.82, 2.24) is 4.90 Å². The molecule has 3 nitrogen and oxygen atoms in total. The summed E-state index contributed by atoms with van der Waals surface area (Å²) in [6.45, 7) is 6.17. The second kappa shape index (κ2) is 6.25. The van der Waals surface area contributed by atoms with Gasteiger partial charge in [-0.3, -0.25) is 4.79 Å². The van der Waals surface area contributed by atoms with Crippen LogP contribution in [0.4, 0.5) is 0 Å². The van der Waals surface area contributed by atoms with E-state index in [1.807, 2.05) is 6.92 Å². The molecule has 1 saturated carbocycles. The van der Waals surface area contributed by atoms with Crippen molar-refractivity contribution in [2.75, 3.05) is 13.1 Å². The Balaban J connectivity index is 1.86. The van der Waals surface area contributed by atoms with Crippen LogP contribution in [0.1, 0.15) is 65.2 Å². The molecule has 0 aromatic rings. The Morgan fingerprint density at radius 3 is 2.47 bits per heavy atom. The predicted molar refractivity (Wildman–Crippen MR) is 77.2 cm³/mol. The highest BCUT2D eigenvalue weighted by Crippen LogP contribution is 2.35. The fraction of sp³-hybridized carbons (Fsp3) is 0.938. The van der Waals surface area contributed by atoms with Crippen LogP contribution in [0.3, 0.4) is 0 Å². The SMILES string of the molecule is CCC1CCCC(N2CCC(C)(C(=O)O)CC2)CC1. The van der Waals surface area contributed by atoms with Crippen molar-refractivity contribution < 1.29 is 9.90 Å². The monoisotopic (exact) mass is 267 g/mol. The van der Waals surface area contributed by atoms with Gasteiger partial charge in [0.15, 0.2) is 0 Å². The second-order valence-corrected chi connectivity index (χ2v) is 6.84. The number of carboxylic acid groups (broad SMARTS) is 1. The van der Waals surface area contributed by atoms with Crippen LogP contribution in [-0.4, -0.2) is 35.1 Å². The Labute approximate surface area is 117 Å². The van der Waals surface area contributed by atoms with Crippen molar-refractivity contribution in [2.24, 2.45) is 11.3 Å². The summed E-state index contributed by atoms with van der Waals surface area (Å²) in [6, 6.07) is 0.717. The molecule has 1 saturated heterocycles. The minimum Gasteiger partial charge on any atom is -0.481 e. The maximum atomic E-state index is 11.3. The Morgan fingerprint density at radius 2 is 1.89 bits per heavy atom. The fourth-order valence-corrected chi connectivity index (χ4v) is 3.73. The maximum Gasteiger partial charge on any atom is 0.309 e. The molecule has 0 aromatic heterocycles. The molecule has 1 aliphatic carbocycles. The van der Waals surface area contributed by atoms with E-state index in [1.165, 1.54) is 38.5 Å². The molecule has 2 rings (SSSR count). The lowest BCUT2D eigenvalue weighted by atomic mass is 9.80. The standard InChI is InChI=1S/C16H29NO2/c1-3-13-5-4-6-14(8-7-13)17-11-9-16(2,10-12-17)15(18)19/h13-14H,3-12H2,1-2H3,(H,18,19). The molecular formula is C16H29NO2. The molecule has 0 aromatic carbocycles. The normalized spacial score (nSPS) is 32.7. The number of nitrogens with zero attached hydrogens (tertiary/aromatic N) is 1. The zero-order chi connectivity index (χ0) is 13.9. The van der Waals surface area contributed by atoms with E-state index in [4.69, 9.17) is 0 Å². The molecule has 2 unspecified atom stereocenters. The third kappa shape index (κ3) is 3.50. The van der Waals surface area contributed by atoms with Gasteiger partial charge in [0, 0.05) is 6.04 Å². The van der Waals surface area contributed by atoms with Crippen LogP contribution < -0.4 is 0 Å². The molecule has 0 amide bonds. The van der Waals surface area contributed by atoms with Gasteiger partial charge >= 0.3 is 5.97 Å². The quantitative estimate of drug-likeness (QED) is 0.795. The molecule has 1 heterocycles. The Kier molecular flexibility index (Phi) is 4.88. The first-order valence-corrected chi connectivity index (χ1v) is 8.02. The molecule has 0 radical (unpaired) electrons. The van der Waals surface area contributed by atoms with Crippen LogP contribution in [0.15, 0.2) is 0 Å². The minimum absolute atomic E-state index is 0.479. The Hall–Kier alpha value is -0.570. The van der Waals surface area contributed by atoms with Crippen LogP contribution in [-0.2, 0) is 4.79 Å². The first-order valence-electron chi connectivity index (χ1n) is 8.02. The van der Waals surface area contributed by atoms with Crippen LogP contribution in [0.25, 0.3) is 0 Å². The van der Waals surface area contributed by atoms with Gasteiger partial charge in [0.25, 0.3) is 0 Å². The summed E-state index contributed by atoms with van der Waals surface area (Å²) in [5, 5.41) is 9.29. The van der Waals surface area contributed by atoms with Crippen molar-refractivity contribution in [2.45, 2.75) is 71.3 Å². The van der Waals surface area contributed by atoms with Crippen molar-refractivity contribution in [1.29, 1.82) is 0 Å². The second-order valence-electron chi connectivity index (χ2n) is 6.84. The van der Waals surface area contributed by atoms with Gasteiger partial charge in [-0.1, -0.05) is 26.2 Å². The molecule has 2 fully saturated rings. The molecular weight excluding hydrogens is 238 g/mol. The Morgan fingerprint density at radius 1 is 1.21 bits per heavy atom. The van der Waals surface area contributed by atoms with Gasteiger partial charge in [-0.15, -0.1) is 0 Å². The van der Waals surface area contributed by atoms with Crippen molar-refractivity contribution in [3.05, 3.63) is 0 Å². The van der Waals surface area contributed by atoms with E-state index in [0.29, 0.717) is 0 Å². The topological polar surface area (TPSA) is 40.5 Å². The summed E-state index contributed by atoms with van der Waals surface area (Å²) in [6.07, 6.45) is 9.72. The summed E-state index contributed by atoms with van der Waals surface area (Å²) in [4.78, 5) is 13.8. The largest absolute Gasteiger partial charge is 0.481 e.